The van der Waals surface area contributed by atoms with E-state index in [4.69, 9.17) is 4.42 Å². The van der Waals surface area contributed by atoms with E-state index in [0.717, 1.165) is 16.8 Å². The lowest BCUT2D eigenvalue weighted by Gasteiger charge is -2.27. The summed E-state index contributed by atoms with van der Waals surface area (Å²) in [4.78, 5) is 29.8. The van der Waals surface area contributed by atoms with Gasteiger partial charge in [-0.3, -0.25) is 9.59 Å². The number of carbonyl (C=O) groups is 2. The minimum atomic E-state index is -0.721. The molecule has 3 aromatic rings. The van der Waals surface area contributed by atoms with Crippen LogP contribution in [0.1, 0.15) is 33.5 Å². The van der Waals surface area contributed by atoms with Gasteiger partial charge in [-0.05, 0) is 42.3 Å². The molecule has 158 valence electrons. The highest BCUT2D eigenvalue weighted by atomic mass is 16.3. The third-order valence-electron chi connectivity index (χ3n) is 5.43. The number of hydrogen-bond acceptors (Lipinski definition) is 5. The maximum absolute atomic E-state index is 13.3. The second kappa shape index (κ2) is 8.14. The summed E-state index contributed by atoms with van der Waals surface area (Å²) in [6.45, 7) is 2.00. The number of nitrogens with zero attached hydrogens (tertiary/aromatic N) is 2. The van der Waals surface area contributed by atoms with Gasteiger partial charge in [0.15, 0.2) is 11.5 Å². The average molecular weight is 416 g/mol. The Kier molecular flexibility index (Phi) is 5.38. The number of Topliss-reactive ketones (excluding diaryl/α,β-unsaturated/α-hetero) is 1. The van der Waals surface area contributed by atoms with Crippen molar-refractivity contribution in [3.8, 4) is 0 Å². The highest BCUT2D eigenvalue weighted by molar-refractivity contribution is 6.15. The topological polar surface area (TPSA) is 74.0 Å². The maximum Gasteiger partial charge on any atom is 0.290 e. The van der Waals surface area contributed by atoms with Crippen molar-refractivity contribution in [1.29, 1.82) is 0 Å². The summed E-state index contributed by atoms with van der Waals surface area (Å²) in [6.07, 6.45) is 0. The normalized spacial score (nSPS) is 16.2. The Balaban J connectivity index is 1.79. The van der Waals surface area contributed by atoms with Crippen molar-refractivity contribution in [2.45, 2.75) is 19.5 Å². The highest BCUT2D eigenvalue weighted by Gasteiger charge is 2.44. The van der Waals surface area contributed by atoms with Crippen LogP contribution >= 0.6 is 0 Å². The molecule has 1 amide bonds. The van der Waals surface area contributed by atoms with E-state index in [-0.39, 0.29) is 17.9 Å². The van der Waals surface area contributed by atoms with E-state index in [1.165, 1.54) is 4.90 Å². The number of furan rings is 1. The van der Waals surface area contributed by atoms with Crippen LogP contribution < -0.4 is 4.90 Å². The Bertz CT molecular complexity index is 1140. The number of anilines is 1. The zero-order valence-electron chi connectivity index (χ0n) is 17.7. The van der Waals surface area contributed by atoms with Crippen LogP contribution in [0, 0.1) is 6.92 Å². The first kappa shape index (κ1) is 20.5. The molecule has 2 heterocycles. The van der Waals surface area contributed by atoms with Crippen molar-refractivity contribution in [2.24, 2.45) is 0 Å². The van der Waals surface area contributed by atoms with Gasteiger partial charge in [0, 0.05) is 26.3 Å². The molecule has 1 aliphatic heterocycles. The Labute approximate surface area is 181 Å². The summed E-state index contributed by atoms with van der Waals surface area (Å²) >= 11 is 0. The standard InChI is InChI=1S/C25H24N2O4/c1-16-9-14-20(31-16)23(28)21-22(18-10-12-19(13-11-18)26(2)3)27(25(30)24(21)29)15-17-7-5-4-6-8-17/h4-14,22,29H,15H2,1-3H3. The van der Waals surface area contributed by atoms with Gasteiger partial charge in [-0.1, -0.05) is 42.5 Å². The van der Waals surface area contributed by atoms with E-state index in [0.29, 0.717) is 5.76 Å². The molecule has 0 radical (unpaired) electrons. The van der Waals surface area contributed by atoms with Crippen LogP contribution in [-0.4, -0.2) is 35.8 Å². The van der Waals surface area contributed by atoms with Gasteiger partial charge in [0.25, 0.3) is 5.91 Å². The van der Waals surface area contributed by atoms with Crippen molar-refractivity contribution >= 4 is 17.4 Å². The second-order valence-electron chi connectivity index (χ2n) is 7.81. The monoisotopic (exact) mass is 416 g/mol. The molecule has 31 heavy (non-hydrogen) atoms. The highest BCUT2D eigenvalue weighted by Crippen LogP contribution is 2.40. The van der Waals surface area contributed by atoms with Gasteiger partial charge in [-0.15, -0.1) is 0 Å². The van der Waals surface area contributed by atoms with Crippen molar-refractivity contribution < 1.29 is 19.1 Å². The summed E-state index contributed by atoms with van der Waals surface area (Å²) in [6, 6.07) is 19.6. The molecule has 1 unspecified atom stereocenters. The van der Waals surface area contributed by atoms with Crippen LogP contribution in [-0.2, 0) is 11.3 Å². The summed E-state index contributed by atoms with van der Waals surface area (Å²) in [5, 5.41) is 10.7. The number of amides is 1. The predicted octanol–water partition coefficient (Wildman–Crippen LogP) is 4.43. The first-order valence-electron chi connectivity index (χ1n) is 10.0. The van der Waals surface area contributed by atoms with E-state index in [1.54, 1.807) is 19.1 Å². The minimum Gasteiger partial charge on any atom is -0.503 e. The predicted molar refractivity (Wildman–Crippen MR) is 118 cm³/mol. The number of benzene rings is 2. The van der Waals surface area contributed by atoms with Crippen LogP contribution in [0.2, 0.25) is 0 Å². The lowest BCUT2D eigenvalue weighted by Crippen LogP contribution is -2.30. The fraction of sp³-hybridized carbons (Fsp3) is 0.200. The zero-order chi connectivity index (χ0) is 22.1. The molecule has 0 saturated heterocycles. The second-order valence-corrected chi connectivity index (χ2v) is 7.81. The number of aliphatic hydroxyl groups excluding tert-OH is 1. The van der Waals surface area contributed by atoms with Gasteiger partial charge in [-0.25, -0.2) is 0 Å². The van der Waals surface area contributed by atoms with Crippen LogP contribution in [0.25, 0.3) is 0 Å². The van der Waals surface area contributed by atoms with Gasteiger partial charge in [0.2, 0.25) is 5.78 Å². The molecule has 0 bridgehead atoms. The number of carbonyl (C=O) groups excluding carboxylic acids is 2. The lowest BCUT2D eigenvalue weighted by molar-refractivity contribution is -0.130. The summed E-state index contributed by atoms with van der Waals surface area (Å²) in [5.41, 5.74) is 2.67. The smallest absolute Gasteiger partial charge is 0.290 e. The van der Waals surface area contributed by atoms with Crippen molar-refractivity contribution in [3.63, 3.8) is 0 Å². The maximum atomic E-state index is 13.3. The molecule has 0 saturated carbocycles. The fourth-order valence-corrected chi connectivity index (χ4v) is 3.82. The Hall–Kier alpha value is -3.80. The molecule has 0 aliphatic carbocycles. The van der Waals surface area contributed by atoms with E-state index in [1.807, 2.05) is 73.6 Å². The summed E-state index contributed by atoms with van der Waals surface area (Å²) in [5.74, 6) is -0.908. The third kappa shape index (κ3) is 3.84. The van der Waals surface area contributed by atoms with Gasteiger partial charge in [-0.2, -0.15) is 0 Å². The van der Waals surface area contributed by atoms with Gasteiger partial charge in [0.05, 0.1) is 11.6 Å². The number of rotatable bonds is 6. The molecule has 2 aromatic carbocycles. The number of ketones is 1. The van der Waals surface area contributed by atoms with Gasteiger partial charge in [0.1, 0.15) is 5.76 Å². The van der Waals surface area contributed by atoms with Crippen LogP contribution in [0.3, 0.4) is 0 Å². The van der Waals surface area contributed by atoms with Gasteiger partial charge >= 0.3 is 0 Å². The first-order valence-corrected chi connectivity index (χ1v) is 10.0. The average Bonchev–Trinajstić information content (AvgIpc) is 3.31. The van der Waals surface area contributed by atoms with Crippen LogP contribution in [0.15, 0.2) is 82.5 Å². The molecule has 0 spiro atoms. The Morgan fingerprint density at radius 1 is 1.03 bits per heavy atom. The van der Waals surface area contributed by atoms with Gasteiger partial charge < -0.3 is 19.3 Å². The first-order chi connectivity index (χ1) is 14.9. The Morgan fingerprint density at radius 3 is 2.29 bits per heavy atom. The Morgan fingerprint density at radius 2 is 1.71 bits per heavy atom. The summed E-state index contributed by atoms with van der Waals surface area (Å²) < 4.78 is 5.50. The zero-order valence-corrected chi connectivity index (χ0v) is 17.7. The fourth-order valence-electron chi connectivity index (χ4n) is 3.82. The molecule has 4 rings (SSSR count). The van der Waals surface area contributed by atoms with Crippen molar-refractivity contribution in [2.75, 3.05) is 19.0 Å². The molecule has 6 heteroatoms. The number of aliphatic hydroxyl groups is 1. The lowest BCUT2D eigenvalue weighted by atomic mass is 9.94. The van der Waals surface area contributed by atoms with E-state index >= 15 is 0 Å². The summed E-state index contributed by atoms with van der Waals surface area (Å²) in [7, 11) is 3.88. The third-order valence-corrected chi connectivity index (χ3v) is 5.43. The molecular weight excluding hydrogens is 392 g/mol. The molecule has 1 atom stereocenters. The molecule has 6 nitrogen and oxygen atoms in total. The van der Waals surface area contributed by atoms with E-state index in [2.05, 4.69) is 0 Å². The molecular formula is C25H24N2O4. The number of hydrogen-bond donors (Lipinski definition) is 1. The van der Waals surface area contributed by atoms with Crippen molar-refractivity contribution in [3.05, 3.63) is 101 Å². The van der Waals surface area contributed by atoms with Crippen LogP contribution in [0.4, 0.5) is 5.69 Å². The van der Waals surface area contributed by atoms with E-state index < -0.39 is 23.5 Å². The largest absolute Gasteiger partial charge is 0.503 e. The van der Waals surface area contributed by atoms with Crippen LogP contribution in [0.5, 0.6) is 0 Å². The molecule has 1 N–H and O–H groups in total. The molecule has 0 fully saturated rings. The van der Waals surface area contributed by atoms with Crippen molar-refractivity contribution in [1.82, 2.24) is 4.90 Å². The van der Waals surface area contributed by atoms with E-state index in [9.17, 15) is 14.7 Å². The molecule has 1 aromatic heterocycles. The molecule has 1 aliphatic rings. The minimum absolute atomic E-state index is 0.0351. The quantitative estimate of drug-likeness (QED) is 0.602. The number of aryl methyl sites for hydroxylation is 1. The SMILES string of the molecule is Cc1ccc(C(=O)C2=C(O)C(=O)N(Cc3ccccc3)C2c2ccc(N(C)C)cc2)o1.